The van der Waals surface area contributed by atoms with E-state index in [0.717, 1.165) is 11.1 Å². The first-order valence-corrected chi connectivity index (χ1v) is 12.2. The minimum atomic E-state index is -2.00. The van der Waals surface area contributed by atoms with E-state index in [0.29, 0.717) is 0 Å². The molecule has 11 nitrogen and oxygen atoms in total. The Labute approximate surface area is 219 Å². The zero-order chi connectivity index (χ0) is 27.1. The summed E-state index contributed by atoms with van der Waals surface area (Å²) in [4.78, 5) is 12.1. The van der Waals surface area contributed by atoms with Crippen LogP contribution in [0.5, 0.6) is 0 Å². The summed E-state index contributed by atoms with van der Waals surface area (Å²) >= 11 is 0. The molecule has 0 amide bonds. The third-order valence-electron chi connectivity index (χ3n) is 6.35. The van der Waals surface area contributed by atoms with Crippen LogP contribution in [0.1, 0.15) is 11.1 Å². The van der Waals surface area contributed by atoms with Crippen LogP contribution < -0.4 is 0 Å². The zero-order valence-corrected chi connectivity index (χ0v) is 20.5. The van der Waals surface area contributed by atoms with Crippen molar-refractivity contribution in [2.45, 2.75) is 55.3 Å². The van der Waals surface area contributed by atoms with Gasteiger partial charge in [0.2, 0.25) is 0 Å². The largest absolute Gasteiger partial charge is 0.459 e. The maximum atomic E-state index is 12.1. The molecule has 0 saturated carbocycles. The van der Waals surface area contributed by atoms with E-state index in [-0.39, 0.29) is 6.61 Å². The fraction of sp³-hybridized carbons (Fsp3) is 0.444. The Morgan fingerprint density at radius 1 is 1.00 bits per heavy atom. The van der Waals surface area contributed by atoms with E-state index in [4.69, 9.17) is 23.7 Å². The summed E-state index contributed by atoms with van der Waals surface area (Å²) in [5, 5.41) is 52.6. The molecule has 38 heavy (non-hydrogen) atoms. The number of aliphatic hydroxyl groups is 5. The molecule has 5 N–H and O–H groups in total. The number of hydrogen-bond acceptors (Lipinski definition) is 11. The summed E-state index contributed by atoms with van der Waals surface area (Å²) in [6, 6.07) is 18.2. The SMILES string of the molecule is O=C(/C=C/c1ccccc1)OC[C@@]1(O)CO[C@@H](O[C@@H]2[C@@H](O)[C@H](OCc3ccccc3)O[C@H](CO)[C@H]2O)[C@@H]1O. The van der Waals surface area contributed by atoms with Crippen LogP contribution >= 0.6 is 0 Å². The molecule has 2 heterocycles. The number of ether oxygens (including phenoxy) is 5. The van der Waals surface area contributed by atoms with Gasteiger partial charge in [-0.25, -0.2) is 4.79 Å². The Kier molecular flexibility index (Phi) is 9.60. The summed E-state index contributed by atoms with van der Waals surface area (Å²) in [5.74, 6) is -0.738. The van der Waals surface area contributed by atoms with Crippen molar-refractivity contribution < 1.29 is 54.0 Å². The minimum Gasteiger partial charge on any atom is -0.459 e. The van der Waals surface area contributed by atoms with Crippen LogP contribution in [0.4, 0.5) is 0 Å². The summed E-state index contributed by atoms with van der Waals surface area (Å²) in [7, 11) is 0. The number of hydrogen-bond donors (Lipinski definition) is 5. The molecule has 0 aromatic heterocycles. The molecule has 2 fully saturated rings. The second kappa shape index (κ2) is 12.9. The third-order valence-corrected chi connectivity index (χ3v) is 6.35. The Balaban J connectivity index is 1.34. The normalized spacial score (nSPS) is 33.4. The fourth-order valence-corrected chi connectivity index (χ4v) is 4.13. The molecule has 2 aliphatic heterocycles. The summed E-state index contributed by atoms with van der Waals surface area (Å²) < 4.78 is 27.3. The van der Waals surface area contributed by atoms with Crippen LogP contribution in [0.25, 0.3) is 6.08 Å². The first-order chi connectivity index (χ1) is 18.3. The highest BCUT2D eigenvalue weighted by atomic mass is 16.7. The Morgan fingerprint density at radius 3 is 2.37 bits per heavy atom. The maximum absolute atomic E-state index is 12.1. The number of rotatable bonds is 10. The lowest BCUT2D eigenvalue weighted by molar-refractivity contribution is -0.331. The van der Waals surface area contributed by atoms with Crippen molar-refractivity contribution in [1.29, 1.82) is 0 Å². The van der Waals surface area contributed by atoms with Gasteiger partial charge in [0.25, 0.3) is 0 Å². The van der Waals surface area contributed by atoms with E-state index >= 15 is 0 Å². The highest BCUT2D eigenvalue weighted by Gasteiger charge is 2.53. The van der Waals surface area contributed by atoms with Gasteiger partial charge in [0.15, 0.2) is 18.2 Å². The maximum Gasteiger partial charge on any atom is 0.330 e. The summed E-state index contributed by atoms with van der Waals surface area (Å²) in [6.07, 6.45) is -7.30. The van der Waals surface area contributed by atoms with Crippen molar-refractivity contribution in [3.05, 3.63) is 77.9 Å². The van der Waals surface area contributed by atoms with Gasteiger partial charge >= 0.3 is 5.97 Å². The molecular formula is C27H32O11. The molecule has 2 aliphatic rings. The topological polar surface area (TPSA) is 164 Å². The van der Waals surface area contributed by atoms with Crippen LogP contribution in [0.2, 0.25) is 0 Å². The van der Waals surface area contributed by atoms with E-state index in [2.05, 4.69) is 0 Å². The summed E-state index contributed by atoms with van der Waals surface area (Å²) in [6.45, 7) is -1.55. The van der Waals surface area contributed by atoms with Crippen molar-refractivity contribution in [3.63, 3.8) is 0 Å². The number of aliphatic hydroxyl groups excluding tert-OH is 4. The molecule has 0 spiro atoms. The smallest absolute Gasteiger partial charge is 0.330 e. The van der Waals surface area contributed by atoms with Crippen LogP contribution in [0.3, 0.4) is 0 Å². The van der Waals surface area contributed by atoms with Gasteiger partial charge in [-0.1, -0.05) is 60.7 Å². The lowest BCUT2D eigenvalue weighted by Gasteiger charge is -2.42. The predicted octanol–water partition coefficient (Wildman–Crippen LogP) is -0.268. The van der Waals surface area contributed by atoms with Crippen molar-refractivity contribution in [2.24, 2.45) is 0 Å². The van der Waals surface area contributed by atoms with Gasteiger partial charge in [-0.15, -0.1) is 0 Å². The minimum absolute atomic E-state index is 0.0793. The highest BCUT2D eigenvalue weighted by Crippen LogP contribution is 2.31. The Hall–Kier alpha value is -2.71. The molecule has 4 rings (SSSR count). The van der Waals surface area contributed by atoms with E-state index in [9.17, 15) is 30.3 Å². The molecule has 0 radical (unpaired) electrons. The number of carbonyl (C=O) groups is 1. The van der Waals surface area contributed by atoms with Crippen LogP contribution in [-0.2, 0) is 35.1 Å². The summed E-state index contributed by atoms with van der Waals surface area (Å²) in [5.41, 5.74) is -0.413. The molecule has 0 aliphatic carbocycles. The lowest BCUT2D eigenvalue weighted by Crippen LogP contribution is -2.61. The number of benzene rings is 2. The second-order valence-electron chi connectivity index (χ2n) is 9.18. The van der Waals surface area contributed by atoms with Crippen LogP contribution in [0.15, 0.2) is 66.7 Å². The van der Waals surface area contributed by atoms with Crippen molar-refractivity contribution >= 4 is 12.0 Å². The quantitative estimate of drug-likeness (QED) is 0.202. The van der Waals surface area contributed by atoms with Gasteiger partial charge in [0, 0.05) is 6.08 Å². The van der Waals surface area contributed by atoms with Crippen molar-refractivity contribution in [2.75, 3.05) is 19.8 Å². The van der Waals surface area contributed by atoms with Gasteiger partial charge in [-0.05, 0) is 17.2 Å². The van der Waals surface area contributed by atoms with Gasteiger partial charge in [-0.2, -0.15) is 0 Å². The number of esters is 1. The molecular weight excluding hydrogens is 500 g/mol. The number of carbonyl (C=O) groups excluding carboxylic acids is 1. The molecule has 2 aromatic carbocycles. The molecule has 206 valence electrons. The molecule has 0 bridgehead atoms. The van der Waals surface area contributed by atoms with E-state index < -0.39 is 74.5 Å². The predicted molar refractivity (Wildman–Crippen MR) is 131 cm³/mol. The average molecular weight is 533 g/mol. The van der Waals surface area contributed by atoms with Gasteiger partial charge in [0.05, 0.1) is 19.8 Å². The van der Waals surface area contributed by atoms with Crippen LogP contribution in [-0.4, -0.2) is 100 Å². The third kappa shape index (κ3) is 6.83. The van der Waals surface area contributed by atoms with Crippen LogP contribution in [0, 0.1) is 0 Å². The van der Waals surface area contributed by atoms with Gasteiger partial charge < -0.3 is 49.2 Å². The van der Waals surface area contributed by atoms with Crippen molar-refractivity contribution in [3.8, 4) is 0 Å². The first kappa shape index (κ1) is 28.3. The van der Waals surface area contributed by atoms with Crippen molar-refractivity contribution in [1.82, 2.24) is 0 Å². The standard InChI is InChI=1S/C27H32O11/c28-13-19-21(30)23(22(31)25(37-19)34-14-18-9-5-2-6-10-18)38-26-24(32)27(33,16-36-26)15-35-20(29)12-11-17-7-3-1-4-8-17/h1-12,19,21-26,28,30-33H,13-16H2/b12-11+/t19-,21-,22-,23+,24+,25-,26+,27-/m1/s1. The van der Waals surface area contributed by atoms with E-state index in [1.54, 1.807) is 18.2 Å². The molecule has 2 aromatic rings. The Bertz CT molecular complexity index is 1050. The van der Waals surface area contributed by atoms with Gasteiger partial charge in [-0.3, -0.25) is 0 Å². The Morgan fingerprint density at radius 2 is 1.68 bits per heavy atom. The molecule has 11 heteroatoms. The highest BCUT2D eigenvalue weighted by molar-refractivity contribution is 5.87. The van der Waals surface area contributed by atoms with E-state index in [1.165, 1.54) is 6.08 Å². The average Bonchev–Trinajstić information content (AvgIpc) is 3.22. The zero-order valence-electron chi connectivity index (χ0n) is 20.5. The van der Waals surface area contributed by atoms with E-state index in [1.807, 2.05) is 48.5 Å². The fourth-order valence-electron chi connectivity index (χ4n) is 4.13. The molecule has 2 saturated heterocycles. The second-order valence-corrected chi connectivity index (χ2v) is 9.18. The van der Waals surface area contributed by atoms with Gasteiger partial charge in [0.1, 0.15) is 37.1 Å². The lowest BCUT2D eigenvalue weighted by atomic mass is 9.98. The molecule has 8 atom stereocenters. The molecule has 0 unspecified atom stereocenters. The monoisotopic (exact) mass is 532 g/mol. The first-order valence-electron chi connectivity index (χ1n) is 12.2.